The van der Waals surface area contributed by atoms with Gasteiger partial charge < -0.3 is 20.8 Å². The van der Waals surface area contributed by atoms with Gasteiger partial charge in [-0.3, -0.25) is 9.59 Å². The molecule has 0 atom stereocenters. The molecular weight excluding hydrogens is 434 g/mol. The molecule has 2 aromatic carbocycles. The zero-order valence-electron chi connectivity index (χ0n) is 16.9. The van der Waals surface area contributed by atoms with E-state index < -0.39 is 22.2 Å². The lowest BCUT2D eigenvalue weighted by atomic mass is 10.1. The predicted octanol–water partition coefficient (Wildman–Crippen LogP) is 1.80. The highest BCUT2D eigenvalue weighted by atomic mass is 32.2. The second-order valence-corrected chi connectivity index (χ2v) is 7.89. The number of aryl methyl sites for hydroxylation is 1. The molecular formula is C21H19N5O5S. The molecule has 0 unspecified atom stereocenters. The number of hydrogen-bond acceptors (Lipinski definition) is 7. The number of aromatic amines is 1. The highest BCUT2D eigenvalue weighted by molar-refractivity contribution is 7.72. The Morgan fingerprint density at radius 1 is 1.19 bits per heavy atom. The van der Waals surface area contributed by atoms with Gasteiger partial charge in [-0.05, 0) is 36.4 Å². The van der Waals surface area contributed by atoms with Crippen LogP contribution in [0, 0.1) is 0 Å². The number of hydrogen-bond donors (Lipinski definition) is 4. The Hall–Kier alpha value is -4.12. The zero-order valence-corrected chi connectivity index (χ0v) is 17.8. The number of para-hydroxylation sites is 1. The lowest BCUT2D eigenvalue weighted by Gasteiger charge is -2.14. The molecule has 4 N–H and O–H groups in total. The quantitative estimate of drug-likeness (QED) is 0.312. The molecule has 2 aromatic heterocycles. The average Bonchev–Trinajstić information content (AvgIpc) is 3.22. The van der Waals surface area contributed by atoms with Crippen LogP contribution in [-0.4, -0.2) is 35.0 Å². The molecule has 0 aliphatic carbocycles. The fraction of sp³-hybridized carbons (Fsp3) is 0.0952. The van der Waals surface area contributed by atoms with E-state index in [9.17, 15) is 18.0 Å². The Balaban J connectivity index is 1.94. The number of primary amides is 1. The van der Waals surface area contributed by atoms with Crippen LogP contribution in [0.5, 0.6) is 11.5 Å². The van der Waals surface area contributed by atoms with E-state index in [0.29, 0.717) is 33.8 Å². The number of aromatic nitrogens is 3. The van der Waals surface area contributed by atoms with Gasteiger partial charge in [0.25, 0.3) is 11.5 Å². The molecule has 0 radical (unpaired) electrons. The molecule has 0 aliphatic rings. The van der Waals surface area contributed by atoms with E-state index in [4.69, 9.17) is 10.5 Å². The molecule has 0 aliphatic heterocycles. The molecule has 10 nitrogen and oxygen atoms in total. The first-order valence-corrected chi connectivity index (χ1v) is 10.8. The SMILES string of the molecule is Cn1nc(-c2cc(NC[SH](=O)=O)ccc2Oc2ccccc2)c2cc(C(N)=O)[nH]c2c1=O. The van der Waals surface area contributed by atoms with E-state index in [1.54, 1.807) is 30.3 Å². The van der Waals surface area contributed by atoms with Crippen LogP contribution in [0.3, 0.4) is 0 Å². The number of fused-ring (bicyclic) bond motifs is 1. The van der Waals surface area contributed by atoms with Gasteiger partial charge in [-0.1, -0.05) is 18.2 Å². The number of rotatable bonds is 7. The highest BCUT2D eigenvalue weighted by Crippen LogP contribution is 2.37. The average molecular weight is 453 g/mol. The monoisotopic (exact) mass is 453 g/mol. The Morgan fingerprint density at radius 3 is 2.62 bits per heavy atom. The van der Waals surface area contributed by atoms with Crippen LogP contribution in [0.1, 0.15) is 10.5 Å². The van der Waals surface area contributed by atoms with Crippen molar-refractivity contribution < 1.29 is 17.9 Å². The molecule has 0 spiro atoms. The van der Waals surface area contributed by atoms with Gasteiger partial charge in [0.15, 0.2) is 10.7 Å². The van der Waals surface area contributed by atoms with Gasteiger partial charge in [0, 0.05) is 23.7 Å². The van der Waals surface area contributed by atoms with Gasteiger partial charge in [-0.2, -0.15) is 5.10 Å². The molecule has 164 valence electrons. The maximum atomic E-state index is 12.6. The zero-order chi connectivity index (χ0) is 22.8. The molecule has 0 fully saturated rings. The van der Waals surface area contributed by atoms with Gasteiger partial charge in [0.2, 0.25) is 0 Å². The lowest BCUT2D eigenvalue weighted by molar-refractivity contribution is 0.0996. The van der Waals surface area contributed by atoms with Crippen LogP contribution >= 0.6 is 0 Å². The third kappa shape index (κ3) is 4.18. The summed E-state index contributed by atoms with van der Waals surface area (Å²) < 4.78 is 29.2. The van der Waals surface area contributed by atoms with Crippen molar-refractivity contribution in [3.05, 3.63) is 70.6 Å². The third-order valence-corrected chi connectivity index (χ3v) is 5.13. The van der Waals surface area contributed by atoms with Crippen molar-refractivity contribution in [2.24, 2.45) is 12.8 Å². The van der Waals surface area contributed by atoms with Crippen LogP contribution in [0.4, 0.5) is 5.69 Å². The van der Waals surface area contributed by atoms with Crippen molar-refractivity contribution in [3.8, 4) is 22.8 Å². The molecule has 4 rings (SSSR count). The first-order chi connectivity index (χ1) is 15.3. The fourth-order valence-corrected chi connectivity index (χ4v) is 3.55. The third-order valence-electron chi connectivity index (χ3n) is 4.71. The summed E-state index contributed by atoms with van der Waals surface area (Å²) in [7, 11) is -1.15. The number of thiol groups is 1. The second kappa shape index (κ2) is 8.55. The highest BCUT2D eigenvalue weighted by Gasteiger charge is 2.19. The minimum Gasteiger partial charge on any atom is -0.457 e. The Kier molecular flexibility index (Phi) is 5.65. The molecule has 0 saturated carbocycles. The standard InChI is InChI=1S/C21H19N5O5S/c1-26-21(28)19-15(10-16(24-19)20(22)27)18(25-26)14-9-12(23-11-32(29)30)7-8-17(14)31-13-5-3-2-4-6-13/h2-10,23-24,32H,11H2,1H3,(H2,22,27). The predicted molar refractivity (Wildman–Crippen MR) is 121 cm³/mol. The van der Waals surface area contributed by atoms with Crippen LogP contribution in [-0.2, 0) is 17.8 Å². The minimum absolute atomic E-state index is 0.0644. The number of anilines is 1. The van der Waals surface area contributed by atoms with Crippen molar-refractivity contribution in [2.75, 3.05) is 11.2 Å². The summed E-state index contributed by atoms with van der Waals surface area (Å²) in [5.74, 6) is 0.0250. The first-order valence-electron chi connectivity index (χ1n) is 9.46. The molecule has 32 heavy (non-hydrogen) atoms. The first kappa shape index (κ1) is 21.1. The summed E-state index contributed by atoms with van der Waals surface area (Å²) in [6, 6.07) is 15.5. The van der Waals surface area contributed by atoms with E-state index >= 15 is 0 Å². The summed E-state index contributed by atoms with van der Waals surface area (Å²) >= 11 is 0. The summed E-state index contributed by atoms with van der Waals surface area (Å²) in [6.45, 7) is 0. The summed E-state index contributed by atoms with van der Waals surface area (Å²) in [4.78, 5) is 27.0. The molecule has 11 heteroatoms. The topological polar surface area (TPSA) is 149 Å². The Labute approximate surface area is 183 Å². The van der Waals surface area contributed by atoms with Crippen LogP contribution in [0.2, 0.25) is 0 Å². The number of amides is 1. The van der Waals surface area contributed by atoms with Crippen molar-refractivity contribution in [1.82, 2.24) is 14.8 Å². The van der Waals surface area contributed by atoms with E-state index in [1.165, 1.54) is 13.1 Å². The summed E-state index contributed by atoms with van der Waals surface area (Å²) in [5, 5.41) is 7.58. The molecule has 0 bridgehead atoms. The number of ether oxygens (including phenoxy) is 1. The number of carbonyl (C=O) groups excluding carboxylic acids is 1. The molecule has 0 saturated heterocycles. The van der Waals surface area contributed by atoms with E-state index in [1.807, 2.05) is 18.2 Å². The second-order valence-electron chi connectivity index (χ2n) is 6.91. The van der Waals surface area contributed by atoms with Crippen molar-refractivity contribution in [3.63, 3.8) is 0 Å². The number of nitrogens with two attached hydrogens (primary N) is 1. The van der Waals surface area contributed by atoms with Crippen LogP contribution < -0.4 is 21.3 Å². The Bertz CT molecular complexity index is 1450. The number of H-pyrrole nitrogens is 1. The molecule has 4 aromatic rings. The van der Waals surface area contributed by atoms with Gasteiger partial charge in [0.05, 0.1) is 0 Å². The lowest BCUT2D eigenvalue weighted by Crippen LogP contribution is -2.20. The number of carbonyl (C=O) groups is 1. The maximum absolute atomic E-state index is 12.6. The van der Waals surface area contributed by atoms with Crippen LogP contribution in [0.25, 0.3) is 22.2 Å². The van der Waals surface area contributed by atoms with E-state index in [0.717, 1.165) is 4.68 Å². The Morgan fingerprint density at radius 2 is 1.94 bits per heavy atom. The number of benzene rings is 2. The normalized spacial score (nSPS) is 11.1. The van der Waals surface area contributed by atoms with Crippen LogP contribution in [0.15, 0.2) is 59.4 Å². The van der Waals surface area contributed by atoms with Gasteiger partial charge in [-0.25, -0.2) is 13.1 Å². The smallest absolute Gasteiger partial charge is 0.290 e. The maximum Gasteiger partial charge on any atom is 0.290 e. The molecule has 1 amide bonds. The largest absolute Gasteiger partial charge is 0.457 e. The van der Waals surface area contributed by atoms with Gasteiger partial charge >= 0.3 is 0 Å². The van der Waals surface area contributed by atoms with E-state index in [-0.39, 0.29) is 17.1 Å². The van der Waals surface area contributed by atoms with E-state index in [2.05, 4.69) is 15.4 Å². The minimum atomic E-state index is -2.64. The number of nitrogens with zero attached hydrogens (tertiary/aromatic N) is 2. The summed E-state index contributed by atoms with van der Waals surface area (Å²) in [5.41, 5.74) is 6.53. The summed E-state index contributed by atoms with van der Waals surface area (Å²) in [6.07, 6.45) is 0. The van der Waals surface area contributed by atoms with Gasteiger partial charge in [0.1, 0.15) is 34.3 Å². The molecule has 2 heterocycles. The van der Waals surface area contributed by atoms with Gasteiger partial charge in [-0.15, -0.1) is 0 Å². The van der Waals surface area contributed by atoms with Crippen molar-refractivity contribution >= 4 is 33.2 Å². The fourth-order valence-electron chi connectivity index (χ4n) is 3.24. The van der Waals surface area contributed by atoms with Crippen molar-refractivity contribution in [2.45, 2.75) is 0 Å². The van der Waals surface area contributed by atoms with Crippen molar-refractivity contribution in [1.29, 1.82) is 0 Å². The number of nitrogens with one attached hydrogen (secondary N) is 2.